The van der Waals surface area contributed by atoms with Gasteiger partial charge in [0, 0.05) is 31.4 Å². The highest BCUT2D eigenvalue weighted by atomic mass is 16.2. The summed E-state index contributed by atoms with van der Waals surface area (Å²) in [5, 5.41) is 13.5. The van der Waals surface area contributed by atoms with Crippen LogP contribution in [0.5, 0.6) is 0 Å². The molecule has 1 amide bonds. The van der Waals surface area contributed by atoms with Crippen LogP contribution in [0.2, 0.25) is 0 Å². The highest BCUT2D eigenvalue weighted by molar-refractivity contribution is 6.00. The van der Waals surface area contributed by atoms with Crippen LogP contribution in [-0.4, -0.2) is 27.4 Å². The van der Waals surface area contributed by atoms with Gasteiger partial charge in [0.1, 0.15) is 11.4 Å². The molecule has 0 fully saturated rings. The van der Waals surface area contributed by atoms with Gasteiger partial charge in [-0.2, -0.15) is 4.98 Å². The first-order chi connectivity index (χ1) is 10.3. The topological polar surface area (TPSA) is 105 Å². The first-order valence-corrected chi connectivity index (χ1v) is 6.59. The molecule has 0 unspecified atom stereocenters. The van der Waals surface area contributed by atoms with E-state index in [1.807, 2.05) is 12.1 Å². The number of hydrogen-bond acceptors (Lipinski definition) is 7. The zero-order valence-corrected chi connectivity index (χ0v) is 11.0. The molecule has 4 rings (SSSR count). The molecular formula is C13H11N7O. The Morgan fingerprint density at radius 3 is 3.10 bits per heavy atom. The molecule has 2 aromatic heterocycles. The third-order valence-corrected chi connectivity index (χ3v) is 3.40. The minimum atomic E-state index is -0.407. The fourth-order valence-corrected chi connectivity index (χ4v) is 2.33. The maximum atomic E-state index is 11.3. The molecule has 2 aliphatic heterocycles. The number of azo groups is 1. The number of pyridine rings is 1. The predicted molar refractivity (Wildman–Crippen MR) is 73.8 cm³/mol. The second-order valence-electron chi connectivity index (χ2n) is 4.79. The highest BCUT2D eigenvalue weighted by Gasteiger charge is 2.20. The van der Waals surface area contributed by atoms with E-state index in [9.17, 15) is 4.79 Å². The van der Waals surface area contributed by atoms with Crippen molar-refractivity contribution < 1.29 is 4.79 Å². The molecule has 2 aliphatic rings. The Balaban J connectivity index is 1.61. The van der Waals surface area contributed by atoms with Crippen LogP contribution in [0.25, 0.3) is 0 Å². The lowest BCUT2D eigenvalue weighted by molar-refractivity contribution is 0.100. The molecule has 4 heterocycles. The Bertz CT molecular complexity index is 771. The molecule has 8 nitrogen and oxygen atoms in total. The molecule has 21 heavy (non-hydrogen) atoms. The van der Waals surface area contributed by atoms with Crippen LogP contribution in [0, 0.1) is 0 Å². The van der Waals surface area contributed by atoms with Gasteiger partial charge in [-0.1, -0.05) is 6.07 Å². The second-order valence-corrected chi connectivity index (χ2v) is 4.79. The first kappa shape index (κ1) is 12.0. The summed E-state index contributed by atoms with van der Waals surface area (Å²) >= 11 is 0. The smallest absolute Gasteiger partial charge is 0.300 e. The van der Waals surface area contributed by atoms with Crippen molar-refractivity contribution in [3.63, 3.8) is 0 Å². The molecule has 0 saturated carbocycles. The standard InChI is InChI=1S/C13H11N7O/c21-12-8-6-15-13(18-11(8)19-20-12)17-10-2-1-7-5-14-4-3-9(7)16-10/h1-2,6,14H,3-5H2,(H,15,16,17,18). The molecule has 2 N–H and O–H groups in total. The zero-order chi connectivity index (χ0) is 14.2. The van der Waals surface area contributed by atoms with Crippen LogP contribution < -0.4 is 10.6 Å². The van der Waals surface area contributed by atoms with Gasteiger partial charge in [0.2, 0.25) is 5.95 Å². The molecule has 0 radical (unpaired) electrons. The lowest BCUT2D eigenvalue weighted by Crippen LogP contribution is -2.24. The largest absolute Gasteiger partial charge is 0.312 e. The summed E-state index contributed by atoms with van der Waals surface area (Å²) < 4.78 is 0. The maximum absolute atomic E-state index is 11.3. The number of nitrogens with one attached hydrogen (secondary N) is 2. The molecule has 0 bridgehead atoms. The van der Waals surface area contributed by atoms with Crippen LogP contribution in [0.15, 0.2) is 28.6 Å². The van der Waals surface area contributed by atoms with Crippen LogP contribution in [0.4, 0.5) is 17.6 Å². The number of hydrogen-bond donors (Lipinski definition) is 2. The second kappa shape index (κ2) is 4.67. The normalized spacial score (nSPS) is 15.7. The minimum Gasteiger partial charge on any atom is -0.312 e. The molecule has 0 atom stereocenters. The van der Waals surface area contributed by atoms with Crippen molar-refractivity contribution >= 4 is 23.5 Å². The lowest BCUT2D eigenvalue weighted by Gasteiger charge is -2.16. The highest BCUT2D eigenvalue weighted by Crippen LogP contribution is 2.25. The van der Waals surface area contributed by atoms with Gasteiger partial charge in [-0.05, 0) is 11.6 Å². The van der Waals surface area contributed by atoms with E-state index in [4.69, 9.17) is 0 Å². The number of carbonyl (C=O) groups excluding carboxylic acids is 1. The van der Waals surface area contributed by atoms with Gasteiger partial charge in [0.25, 0.3) is 0 Å². The summed E-state index contributed by atoms with van der Waals surface area (Å²) in [6.07, 6.45) is 2.33. The van der Waals surface area contributed by atoms with Gasteiger partial charge in [-0.15, -0.1) is 10.2 Å². The maximum Gasteiger partial charge on any atom is 0.300 e. The average molecular weight is 281 g/mol. The summed E-state index contributed by atoms with van der Waals surface area (Å²) in [7, 11) is 0. The van der Waals surface area contributed by atoms with Crippen molar-refractivity contribution in [1.82, 2.24) is 20.3 Å². The van der Waals surface area contributed by atoms with Gasteiger partial charge in [-0.3, -0.25) is 4.79 Å². The van der Waals surface area contributed by atoms with Crippen molar-refractivity contribution in [3.8, 4) is 0 Å². The third-order valence-electron chi connectivity index (χ3n) is 3.40. The number of aromatic nitrogens is 3. The summed E-state index contributed by atoms with van der Waals surface area (Å²) in [6.45, 7) is 1.78. The van der Waals surface area contributed by atoms with E-state index in [0.29, 0.717) is 23.1 Å². The summed E-state index contributed by atoms with van der Waals surface area (Å²) in [5.41, 5.74) is 2.61. The van der Waals surface area contributed by atoms with Gasteiger partial charge in [0.15, 0.2) is 5.82 Å². The van der Waals surface area contributed by atoms with E-state index in [1.54, 1.807) is 0 Å². The van der Waals surface area contributed by atoms with Gasteiger partial charge < -0.3 is 10.6 Å². The minimum absolute atomic E-state index is 0.291. The van der Waals surface area contributed by atoms with Gasteiger partial charge >= 0.3 is 5.91 Å². The van der Waals surface area contributed by atoms with E-state index < -0.39 is 5.91 Å². The number of fused-ring (bicyclic) bond motifs is 2. The molecule has 8 heteroatoms. The summed E-state index contributed by atoms with van der Waals surface area (Å²) in [5.74, 6) is 0.913. The molecule has 2 aromatic rings. The average Bonchev–Trinajstić information content (AvgIpc) is 2.88. The predicted octanol–water partition coefficient (Wildman–Crippen LogP) is 1.50. The monoisotopic (exact) mass is 281 g/mol. The van der Waals surface area contributed by atoms with Crippen molar-refractivity contribution in [2.75, 3.05) is 11.9 Å². The molecule has 0 spiro atoms. The van der Waals surface area contributed by atoms with Crippen molar-refractivity contribution in [2.45, 2.75) is 13.0 Å². The first-order valence-electron chi connectivity index (χ1n) is 6.59. The molecule has 0 saturated heterocycles. The number of carbonyl (C=O) groups is 1. The number of amides is 1. The number of rotatable bonds is 2. The molecule has 0 aromatic carbocycles. The van der Waals surface area contributed by atoms with E-state index in [2.05, 4.69) is 35.8 Å². The summed E-state index contributed by atoms with van der Waals surface area (Å²) in [4.78, 5) is 24.1. The number of anilines is 2. The fourth-order valence-electron chi connectivity index (χ4n) is 2.33. The van der Waals surface area contributed by atoms with Crippen LogP contribution >= 0.6 is 0 Å². The Hall–Kier alpha value is -2.74. The van der Waals surface area contributed by atoms with Crippen molar-refractivity contribution in [2.24, 2.45) is 10.2 Å². The molecular weight excluding hydrogens is 270 g/mol. The fraction of sp³-hybridized carbons (Fsp3) is 0.231. The Kier molecular flexibility index (Phi) is 2.68. The Morgan fingerprint density at radius 1 is 1.19 bits per heavy atom. The number of nitrogens with zero attached hydrogens (tertiary/aromatic N) is 5. The summed E-state index contributed by atoms with van der Waals surface area (Å²) in [6, 6.07) is 3.92. The van der Waals surface area contributed by atoms with Crippen LogP contribution in [0.3, 0.4) is 0 Å². The molecule has 0 aliphatic carbocycles. The van der Waals surface area contributed by atoms with Crippen LogP contribution in [-0.2, 0) is 13.0 Å². The van der Waals surface area contributed by atoms with Gasteiger partial charge in [0.05, 0.1) is 0 Å². The quantitative estimate of drug-likeness (QED) is 0.864. The van der Waals surface area contributed by atoms with Crippen molar-refractivity contribution in [3.05, 3.63) is 35.2 Å². The van der Waals surface area contributed by atoms with E-state index >= 15 is 0 Å². The Morgan fingerprint density at radius 2 is 2.14 bits per heavy atom. The van der Waals surface area contributed by atoms with Crippen LogP contribution in [0.1, 0.15) is 21.6 Å². The zero-order valence-electron chi connectivity index (χ0n) is 11.0. The van der Waals surface area contributed by atoms with E-state index in [0.717, 1.165) is 25.2 Å². The van der Waals surface area contributed by atoms with Crippen molar-refractivity contribution in [1.29, 1.82) is 0 Å². The SMILES string of the molecule is O=C1N=Nc2nc(Nc3ccc4c(n3)CCNC4)ncc21. The van der Waals surface area contributed by atoms with E-state index in [1.165, 1.54) is 11.8 Å². The molecule has 104 valence electrons. The van der Waals surface area contributed by atoms with Gasteiger partial charge in [-0.25, -0.2) is 9.97 Å². The third kappa shape index (κ3) is 2.15. The van der Waals surface area contributed by atoms with E-state index in [-0.39, 0.29) is 0 Å². The lowest BCUT2D eigenvalue weighted by atomic mass is 10.1. The Labute approximate surface area is 119 Å².